The Labute approximate surface area is 165 Å². The van der Waals surface area contributed by atoms with E-state index in [1.807, 2.05) is 65.5 Å². The van der Waals surface area contributed by atoms with Crippen molar-refractivity contribution < 1.29 is 9.47 Å². The summed E-state index contributed by atoms with van der Waals surface area (Å²) in [5.74, 6) is 2.22. The van der Waals surface area contributed by atoms with Gasteiger partial charge in [0.2, 0.25) is 0 Å². The van der Waals surface area contributed by atoms with Gasteiger partial charge in [-0.3, -0.25) is 4.99 Å². The quantitative estimate of drug-likeness (QED) is 0.488. The second kappa shape index (κ2) is 9.45. The van der Waals surface area contributed by atoms with Gasteiger partial charge in [0.1, 0.15) is 11.5 Å². The molecule has 7 nitrogen and oxygen atoms in total. The van der Waals surface area contributed by atoms with Crippen molar-refractivity contribution >= 4 is 5.96 Å². The smallest absolute Gasteiger partial charge is 0.191 e. The van der Waals surface area contributed by atoms with E-state index in [9.17, 15) is 0 Å². The van der Waals surface area contributed by atoms with Crippen LogP contribution in [0.3, 0.4) is 0 Å². The number of benzene rings is 2. The second-order valence-corrected chi connectivity index (χ2v) is 6.04. The number of guanidine groups is 1. The summed E-state index contributed by atoms with van der Waals surface area (Å²) >= 11 is 0. The second-order valence-electron chi connectivity index (χ2n) is 6.04. The molecule has 7 heteroatoms. The molecule has 3 rings (SSSR count). The van der Waals surface area contributed by atoms with Crippen molar-refractivity contribution in [3.63, 3.8) is 0 Å². The van der Waals surface area contributed by atoms with Gasteiger partial charge in [-0.2, -0.15) is 5.10 Å². The van der Waals surface area contributed by atoms with Crippen LogP contribution in [0.25, 0.3) is 5.69 Å². The van der Waals surface area contributed by atoms with Gasteiger partial charge in [-0.1, -0.05) is 18.2 Å². The molecule has 0 aliphatic carbocycles. The van der Waals surface area contributed by atoms with Gasteiger partial charge in [-0.25, -0.2) is 4.68 Å². The summed E-state index contributed by atoms with van der Waals surface area (Å²) in [6.07, 6.45) is 1.95. The van der Waals surface area contributed by atoms with Crippen LogP contribution in [0.1, 0.15) is 11.3 Å². The largest absolute Gasteiger partial charge is 0.497 e. The molecular weight excluding hydrogens is 354 g/mol. The van der Waals surface area contributed by atoms with Gasteiger partial charge >= 0.3 is 0 Å². The van der Waals surface area contributed by atoms with E-state index in [0.717, 1.165) is 28.4 Å². The van der Waals surface area contributed by atoms with Gasteiger partial charge in [-0.15, -0.1) is 0 Å². The lowest BCUT2D eigenvalue weighted by atomic mass is 10.2. The Morgan fingerprint density at radius 2 is 1.79 bits per heavy atom. The molecule has 0 saturated carbocycles. The minimum absolute atomic E-state index is 0.569. The first kappa shape index (κ1) is 19.3. The van der Waals surface area contributed by atoms with Gasteiger partial charge in [-0.05, 0) is 30.3 Å². The van der Waals surface area contributed by atoms with Crippen LogP contribution < -0.4 is 20.1 Å². The molecular formula is C21H25N5O2. The minimum Gasteiger partial charge on any atom is -0.497 e. The van der Waals surface area contributed by atoms with E-state index >= 15 is 0 Å². The Balaban J connectivity index is 1.56. The van der Waals surface area contributed by atoms with Crippen molar-refractivity contribution in [3.8, 4) is 17.2 Å². The normalized spacial score (nSPS) is 11.2. The molecule has 28 heavy (non-hydrogen) atoms. The number of ether oxygens (including phenoxy) is 2. The molecule has 2 aromatic carbocycles. The number of nitrogens with one attached hydrogen (secondary N) is 2. The molecule has 0 unspecified atom stereocenters. The molecule has 1 aromatic heterocycles. The molecule has 0 atom stereocenters. The first-order valence-electron chi connectivity index (χ1n) is 8.99. The third kappa shape index (κ3) is 4.82. The van der Waals surface area contributed by atoms with E-state index in [1.165, 1.54) is 0 Å². The van der Waals surface area contributed by atoms with E-state index in [2.05, 4.69) is 20.7 Å². The summed E-state index contributed by atoms with van der Waals surface area (Å²) < 4.78 is 12.5. The predicted molar refractivity (Wildman–Crippen MR) is 110 cm³/mol. The van der Waals surface area contributed by atoms with Crippen LogP contribution in [0.15, 0.2) is 65.8 Å². The van der Waals surface area contributed by atoms with Crippen molar-refractivity contribution in [1.82, 2.24) is 20.4 Å². The van der Waals surface area contributed by atoms with Crippen LogP contribution >= 0.6 is 0 Å². The van der Waals surface area contributed by atoms with E-state index in [-0.39, 0.29) is 0 Å². The highest BCUT2D eigenvalue weighted by Crippen LogP contribution is 2.24. The van der Waals surface area contributed by atoms with Gasteiger partial charge in [0.05, 0.1) is 32.1 Å². The van der Waals surface area contributed by atoms with Crippen LogP contribution in [0, 0.1) is 0 Å². The summed E-state index contributed by atoms with van der Waals surface area (Å²) in [6.45, 7) is 1.14. The Hall–Kier alpha value is -3.48. The fourth-order valence-electron chi connectivity index (χ4n) is 2.75. The summed E-state index contributed by atoms with van der Waals surface area (Å²) in [5, 5.41) is 11.2. The lowest BCUT2D eigenvalue weighted by molar-refractivity contribution is 0.390. The molecule has 1 heterocycles. The number of methoxy groups -OCH3 is 2. The summed E-state index contributed by atoms with van der Waals surface area (Å²) in [7, 11) is 5.02. The average Bonchev–Trinajstić information content (AvgIpc) is 3.23. The van der Waals surface area contributed by atoms with Crippen LogP contribution in [0.4, 0.5) is 0 Å². The molecule has 0 aliphatic heterocycles. The fraction of sp³-hybridized carbons (Fsp3) is 0.238. The Kier molecular flexibility index (Phi) is 6.51. The third-order valence-electron chi connectivity index (χ3n) is 4.27. The molecule has 0 saturated heterocycles. The highest BCUT2D eigenvalue weighted by molar-refractivity contribution is 5.79. The molecule has 146 valence electrons. The third-order valence-corrected chi connectivity index (χ3v) is 4.27. The SMILES string of the molecule is CN=C(NCc1ccn(-c2ccccc2)n1)NCc1ccc(OC)cc1OC. The predicted octanol–water partition coefficient (Wildman–Crippen LogP) is 2.75. The maximum Gasteiger partial charge on any atom is 0.191 e. The van der Waals surface area contributed by atoms with Crippen molar-refractivity contribution in [2.45, 2.75) is 13.1 Å². The lowest BCUT2D eigenvalue weighted by Crippen LogP contribution is -2.36. The topological polar surface area (TPSA) is 72.7 Å². The van der Waals surface area contributed by atoms with E-state index in [0.29, 0.717) is 19.0 Å². The maximum absolute atomic E-state index is 5.43. The molecule has 2 N–H and O–H groups in total. The number of hydrogen-bond donors (Lipinski definition) is 2. The van der Waals surface area contributed by atoms with Crippen molar-refractivity contribution in [1.29, 1.82) is 0 Å². The Morgan fingerprint density at radius 1 is 1.00 bits per heavy atom. The zero-order chi connectivity index (χ0) is 19.8. The summed E-state index contributed by atoms with van der Waals surface area (Å²) in [5.41, 5.74) is 2.97. The van der Waals surface area contributed by atoms with Crippen molar-refractivity contribution in [2.75, 3.05) is 21.3 Å². The highest BCUT2D eigenvalue weighted by Gasteiger charge is 2.07. The average molecular weight is 379 g/mol. The van der Waals surface area contributed by atoms with Crippen LogP contribution in [0.2, 0.25) is 0 Å². The van der Waals surface area contributed by atoms with Gasteiger partial charge < -0.3 is 20.1 Å². The minimum atomic E-state index is 0.569. The summed E-state index contributed by atoms with van der Waals surface area (Å²) in [6, 6.07) is 17.7. The molecule has 0 aliphatic rings. The number of hydrogen-bond acceptors (Lipinski definition) is 4. The highest BCUT2D eigenvalue weighted by atomic mass is 16.5. The van der Waals surface area contributed by atoms with Crippen LogP contribution in [-0.2, 0) is 13.1 Å². The Morgan fingerprint density at radius 3 is 2.50 bits per heavy atom. The molecule has 0 amide bonds. The zero-order valence-electron chi connectivity index (χ0n) is 16.3. The van der Waals surface area contributed by atoms with E-state index in [1.54, 1.807) is 21.3 Å². The number of rotatable bonds is 7. The maximum atomic E-state index is 5.43. The van der Waals surface area contributed by atoms with Crippen LogP contribution in [-0.4, -0.2) is 37.0 Å². The zero-order valence-corrected chi connectivity index (χ0v) is 16.3. The number of aliphatic imine (C=N–C) groups is 1. The molecule has 3 aromatic rings. The number of aromatic nitrogens is 2. The fourth-order valence-corrected chi connectivity index (χ4v) is 2.75. The molecule has 0 bridgehead atoms. The van der Waals surface area contributed by atoms with Gasteiger partial charge in [0.15, 0.2) is 5.96 Å². The number of nitrogens with zero attached hydrogens (tertiary/aromatic N) is 3. The van der Waals surface area contributed by atoms with Crippen molar-refractivity contribution in [2.24, 2.45) is 4.99 Å². The Bertz CT molecular complexity index is 922. The molecule has 0 fully saturated rings. The van der Waals surface area contributed by atoms with Crippen molar-refractivity contribution in [3.05, 3.63) is 72.1 Å². The molecule has 0 radical (unpaired) electrons. The van der Waals surface area contributed by atoms with Gasteiger partial charge in [0.25, 0.3) is 0 Å². The first-order chi connectivity index (χ1) is 13.7. The van der Waals surface area contributed by atoms with Gasteiger partial charge in [0, 0.05) is 31.4 Å². The van der Waals surface area contributed by atoms with Crippen LogP contribution in [0.5, 0.6) is 11.5 Å². The summed E-state index contributed by atoms with van der Waals surface area (Å²) in [4.78, 5) is 4.27. The lowest BCUT2D eigenvalue weighted by Gasteiger charge is -2.14. The van der Waals surface area contributed by atoms with E-state index < -0.39 is 0 Å². The number of para-hydroxylation sites is 1. The monoisotopic (exact) mass is 379 g/mol. The molecule has 0 spiro atoms. The van der Waals surface area contributed by atoms with E-state index in [4.69, 9.17) is 9.47 Å². The standard InChI is InChI=1S/C21H25N5O2/c1-22-21(23-14-16-9-10-19(27-2)13-20(16)28-3)24-15-17-11-12-26(25-17)18-7-5-4-6-8-18/h4-13H,14-15H2,1-3H3,(H2,22,23,24). The first-order valence-corrected chi connectivity index (χ1v) is 8.99.